The van der Waals surface area contributed by atoms with Crippen LogP contribution in [0.2, 0.25) is 5.02 Å². The molecule has 3 heterocycles. The van der Waals surface area contributed by atoms with Crippen LogP contribution in [0, 0.1) is 0 Å². The largest absolute Gasteiger partial charge is 0.507 e. The van der Waals surface area contributed by atoms with Crippen molar-refractivity contribution in [2.45, 2.75) is 13.5 Å². The molecule has 0 amide bonds. The molecule has 2 aromatic heterocycles. The maximum atomic E-state index is 12.8. The second kappa shape index (κ2) is 8.67. The van der Waals surface area contributed by atoms with Gasteiger partial charge in [-0.2, -0.15) is 0 Å². The second-order valence-electron chi connectivity index (χ2n) is 8.26. The third-order valence-electron chi connectivity index (χ3n) is 6.27. The second-order valence-corrected chi connectivity index (χ2v) is 8.70. The summed E-state index contributed by atoms with van der Waals surface area (Å²) in [7, 11) is 0. The number of nitrogens with zero attached hydrogens (tertiary/aromatic N) is 2. The minimum atomic E-state index is -0.606. The highest BCUT2D eigenvalue weighted by Crippen LogP contribution is 2.34. The first-order valence-corrected chi connectivity index (χ1v) is 11.3. The van der Waals surface area contributed by atoms with Gasteiger partial charge in [-0.25, -0.2) is 9.59 Å². The van der Waals surface area contributed by atoms with Crippen LogP contribution < -0.4 is 11.3 Å². The van der Waals surface area contributed by atoms with Crippen LogP contribution in [0.4, 0.5) is 0 Å². The van der Waals surface area contributed by atoms with Crippen LogP contribution in [0.3, 0.4) is 0 Å². The molecule has 0 aliphatic carbocycles. The van der Waals surface area contributed by atoms with Crippen molar-refractivity contribution in [1.82, 2.24) is 9.80 Å². The van der Waals surface area contributed by atoms with Crippen molar-refractivity contribution in [2.24, 2.45) is 0 Å². The van der Waals surface area contributed by atoms with Crippen molar-refractivity contribution >= 4 is 33.5 Å². The van der Waals surface area contributed by atoms with Gasteiger partial charge >= 0.3 is 11.3 Å². The molecule has 0 atom stereocenters. The predicted octanol–water partition coefficient (Wildman–Crippen LogP) is 4.06. The Balaban J connectivity index is 1.64. The first-order chi connectivity index (χ1) is 15.9. The maximum Gasteiger partial charge on any atom is 0.344 e. The van der Waals surface area contributed by atoms with Gasteiger partial charge in [-0.3, -0.25) is 4.90 Å². The van der Waals surface area contributed by atoms with Crippen molar-refractivity contribution in [3.8, 4) is 16.9 Å². The van der Waals surface area contributed by atoms with Gasteiger partial charge in [0.25, 0.3) is 0 Å². The number of piperazine rings is 1. The normalized spacial score (nSPS) is 15.5. The van der Waals surface area contributed by atoms with E-state index < -0.39 is 11.3 Å². The van der Waals surface area contributed by atoms with Crippen LogP contribution in [-0.4, -0.2) is 47.6 Å². The number of halogens is 1. The van der Waals surface area contributed by atoms with Crippen LogP contribution >= 0.6 is 11.6 Å². The topological polar surface area (TPSA) is 87.1 Å². The number of fused-ring (bicyclic) bond motifs is 2. The van der Waals surface area contributed by atoms with Crippen LogP contribution in [0.1, 0.15) is 12.5 Å². The Labute approximate surface area is 194 Å². The Morgan fingerprint density at radius 1 is 0.939 bits per heavy atom. The van der Waals surface area contributed by atoms with Gasteiger partial charge in [0.15, 0.2) is 0 Å². The molecule has 1 saturated heterocycles. The summed E-state index contributed by atoms with van der Waals surface area (Å²) >= 11 is 6.11. The van der Waals surface area contributed by atoms with E-state index in [1.54, 1.807) is 36.4 Å². The Kier molecular flexibility index (Phi) is 5.70. The summed E-state index contributed by atoms with van der Waals surface area (Å²) in [4.78, 5) is 29.9. The molecule has 4 aromatic rings. The summed E-state index contributed by atoms with van der Waals surface area (Å²) in [5, 5.41) is 12.3. The van der Waals surface area contributed by atoms with Crippen LogP contribution in [0.15, 0.2) is 60.9 Å². The molecule has 170 valence electrons. The summed E-state index contributed by atoms with van der Waals surface area (Å²) in [6.07, 6.45) is 0. The number of benzene rings is 2. The molecule has 1 N–H and O–H groups in total. The van der Waals surface area contributed by atoms with Gasteiger partial charge in [0.2, 0.25) is 0 Å². The highest BCUT2D eigenvalue weighted by molar-refractivity contribution is 6.31. The Morgan fingerprint density at radius 2 is 1.70 bits per heavy atom. The molecule has 0 spiro atoms. The molecule has 0 radical (unpaired) electrons. The quantitative estimate of drug-likeness (QED) is 0.454. The van der Waals surface area contributed by atoms with Gasteiger partial charge in [0.05, 0.1) is 11.1 Å². The Morgan fingerprint density at radius 3 is 2.45 bits per heavy atom. The van der Waals surface area contributed by atoms with Gasteiger partial charge in [0, 0.05) is 60.1 Å². The van der Waals surface area contributed by atoms with Crippen molar-refractivity contribution in [1.29, 1.82) is 0 Å². The van der Waals surface area contributed by atoms with E-state index in [9.17, 15) is 14.7 Å². The standard InChI is InChI=1S/C25H23ClN2O5/c1-2-27-7-9-28(10-8-27)14-20-21(29)5-4-17-18(13-23(30)33-24(17)20)19-12-15-11-16(26)3-6-22(15)32-25(19)31/h3-6,11-13,29H,2,7-10,14H2,1H3. The molecule has 8 heteroatoms. The van der Waals surface area contributed by atoms with Gasteiger partial charge in [-0.1, -0.05) is 18.5 Å². The Bertz CT molecular complexity index is 1470. The first-order valence-electron chi connectivity index (χ1n) is 10.9. The summed E-state index contributed by atoms with van der Waals surface area (Å²) in [5.74, 6) is 0.0537. The van der Waals surface area contributed by atoms with E-state index in [1.807, 2.05) is 0 Å². The lowest BCUT2D eigenvalue weighted by Gasteiger charge is -2.34. The third kappa shape index (κ3) is 4.15. The van der Waals surface area contributed by atoms with E-state index in [4.69, 9.17) is 20.4 Å². The number of hydrogen-bond acceptors (Lipinski definition) is 7. The molecule has 7 nitrogen and oxygen atoms in total. The number of aromatic hydroxyl groups is 1. The third-order valence-corrected chi connectivity index (χ3v) is 6.50. The van der Waals surface area contributed by atoms with Gasteiger partial charge < -0.3 is 18.8 Å². The fraction of sp³-hybridized carbons (Fsp3) is 0.280. The van der Waals surface area contributed by atoms with Gasteiger partial charge in [-0.05, 0) is 42.9 Å². The van der Waals surface area contributed by atoms with Crippen molar-refractivity contribution in [3.05, 3.63) is 73.9 Å². The van der Waals surface area contributed by atoms with Crippen LogP contribution in [0.25, 0.3) is 33.1 Å². The maximum absolute atomic E-state index is 12.8. The van der Waals surface area contributed by atoms with Gasteiger partial charge in [0.1, 0.15) is 16.9 Å². The van der Waals surface area contributed by atoms with E-state index in [0.717, 1.165) is 32.7 Å². The smallest absolute Gasteiger partial charge is 0.344 e. The van der Waals surface area contributed by atoms with E-state index in [-0.39, 0.29) is 16.9 Å². The molecule has 1 aliphatic heterocycles. The minimum absolute atomic E-state index is 0.0537. The summed E-state index contributed by atoms with van der Waals surface area (Å²) in [5.41, 5.74) is 0.674. The molecule has 0 unspecified atom stereocenters. The first kappa shape index (κ1) is 21.7. The minimum Gasteiger partial charge on any atom is -0.507 e. The van der Waals surface area contributed by atoms with Crippen molar-refractivity contribution < 1.29 is 13.9 Å². The molecular weight excluding hydrogens is 444 g/mol. The molecule has 1 aliphatic rings. The average Bonchev–Trinajstić information content (AvgIpc) is 2.81. The molecule has 5 rings (SSSR count). The fourth-order valence-corrected chi connectivity index (χ4v) is 4.60. The zero-order valence-corrected chi connectivity index (χ0v) is 18.9. The zero-order valence-electron chi connectivity index (χ0n) is 18.1. The number of likely N-dealkylation sites (N-methyl/N-ethyl adjacent to an activating group) is 1. The molecule has 0 saturated carbocycles. The highest BCUT2D eigenvalue weighted by Gasteiger charge is 2.21. The van der Waals surface area contributed by atoms with Crippen molar-refractivity contribution in [2.75, 3.05) is 32.7 Å². The lowest BCUT2D eigenvalue weighted by Crippen LogP contribution is -2.45. The summed E-state index contributed by atoms with van der Waals surface area (Å²) < 4.78 is 11.0. The van der Waals surface area contributed by atoms with Gasteiger partial charge in [-0.15, -0.1) is 0 Å². The average molecular weight is 467 g/mol. The zero-order chi connectivity index (χ0) is 23.1. The highest BCUT2D eigenvalue weighted by atomic mass is 35.5. The Hall–Kier alpha value is -3.13. The molecular formula is C25H23ClN2O5. The summed E-state index contributed by atoms with van der Waals surface area (Å²) in [6, 6.07) is 11.2. The van der Waals surface area contributed by atoms with Crippen LogP contribution in [-0.2, 0) is 6.54 Å². The van der Waals surface area contributed by atoms with Crippen LogP contribution in [0.5, 0.6) is 5.75 Å². The number of phenolic OH excluding ortho intramolecular Hbond substituents is 1. The lowest BCUT2D eigenvalue weighted by molar-refractivity contribution is 0.131. The number of rotatable bonds is 4. The van der Waals surface area contributed by atoms with E-state index in [2.05, 4.69) is 16.7 Å². The SMILES string of the molecule is CCN1CCN(Cc2c(O)ccc3c(-c4cc5cc(Cl)ccc5oc4=O)cc(=O)oc23)CC1. The summed E-state index contributed by atoms with van der Waals surface area (Å²) in [6.45, 7) is 7.17. The monoisotopic (exact) mass is 466 g/mol. The fourth-order valence-electron chi connectivity index (χ4n) is 4.42. The molecule has 33 heavy (non-hydrogen) atoms. The van der Waals surface area contributed by atoms with E-state index in [1.165, 1.54) is 6.07 Å². The molecule has 2 aromatic carbocycles. The molecule has 1 fully saturated rings. The lowest BCUT2D eigenvalue weighted by atomic mass is 9.99. The number of phenols is 1. The number of hydrogen-bond donors (Lipinski definition) is 1. The van der Waals surface area contributed by atoms with E-state index in [0.29, 0.717) is 39.0 Å². The van der Waals surface area contributed by atoms with Crippen molar-refractivity contribution in [3.63, 3.8) is 0 Å². The van der Waals surface area contributed by atoms with E-state index >= 15 is 0 Å². The molecule has 0 bridgehead atoms. The predicted molar refractivity (Wildman–Crippen MR) is 128 cm³/mol.